The van der Waals surface area contributed by atoms with Gasteiger partial charge in [-0.25, -0.2) is 4.39 Å². The largest absolute Gasteiger partial charge is 0.481 e. The summed E-state index contributed by atoms with van der Waals surface area (Å²) >= 11 is 5.83. The van der Waals surface area contributed by atoms with Crippen LogP contribution in [0.5, 0.6) is 0 Å². The van der Waals surface area contributed by atoms with E-state index in [0.717, 1.165) is 13.0 Å². The third kappa shape index (κ3) is 5.92. The predicted octanol–water partition coefficient (Wildman–Crippen LogP) is 2.91. The van der Waals surface area contributed by atoms with Crippen LogP contribution in [0.15, 0.2) is 18.2 Å². The van der Waals surface area contributed by atoms with Crippen molar-refractivity contribution in [2.75, 3.05) is 32.7 Å². The highest BCUT2D eigenvalue weighted by molar-refractivity contribution is 6.31. The maximum Gasteiger partial charge on any atom is 0.303 e. The molecule has 0 unspecified atom stereocenters. The van der Waals surface area contributed by atoms with Crippen LogP contribution < -0.4 is 0 Å². The molecule has 2 rings (SSSR count). The van der Waals surface area contributed by atoms with Crippen LogP contribution in [0.3, 0.4) is 0 Å². The fourth-order valence-corrected chi connectivity index (χ4v) is 2.79. The second kappa shape index (κ2) is 9.81. The van der Waals surface area contributed by atoms with Crippen molar-refractivity contribution in [2.24, 2.45) is 0 Å². The summed E-state index contributed by atoms with van der Waals surface area (Å²) in [6, 6.07) is 3.98. The Morgan fingerprint density at radius 2 is 1.83 bits per heavy atom. The summed E-state index contributed by atoms with van der Waals surface area (Å²) in [7, 11) is 0. The number of carbonyl (C=O) groups is 2. The van der Waals surface area contributed by atoms with Crippen LogP contribution in [-0.4, -0.2) is 59.5 Å². The lowest BCUT2D eigenvalue weighted by atomic mass is 10.1. The van der Waals surface area contributed by atoms with E-state index in [0.29, 0.717) is 37.6 Å². The van der Waals surface area contributed by atoms with Crippen LogP contribution in [0.1, 0.15) is 29.6 Å². The predicted molar refractivity (Wildman–Crippen MR) is 92.5 cm³/mol. The van der Waals surface area contributed by atoms with E-state index in [1.54, 1.807) is 4.90 Å². The van der Waals surface area contributed by atoms with Gasteiger partial charge in [-0.2, -0.15) is 0 Å². The summed E-state index contributed by atoms with van der Waals surface area (Å²) in [5.74, 6) is -1.67. The van der Waals surface area contributed by atoms with E-state index in [1.165, 1.54) is 18.2 Å². The van der Waals surface area contributed by atoms with Gasteiger partial charge in [-0.15, -0.1) is 12.4 Å². The van der Waals surface area contributed by atoms with Gasteiger partial charge in [0.15, 0.2) is 0 Å². The van der Waals surface area contributed by atoms with E-state index in [4.69, 9.17) is 16.7 Å². The molecule has 0 atom stereocenters. The zero-order valence-electron chi connectivity index (χ0n) is 13.2. The number of benzene rings is 1. The van der Waals surface area contributed by atoms with Crippen molar-refractivity contribution >= 4 is 35.9 Å². The third-order valence-corrected chi connectivity index (χ3v) is 4.17. The molecule has 1 aromatic rings. The number of amides is 1. The molecule has 5 nitrogen and oxygen atoms in total. The van der Waals surface area contributed by atoms with Crippen molar-refractivity contribution in [2.45, 2.75) is 19.3 Å². The summed E-state index contributed by atoms with van der Waals surface area (Å²) in [4.78, 5) is 26.6. The Morgan fingerprint density at radius 1 is 1.17 bits per heavy atom. The van der Waals surface area contributed by atoms with E-state index < -0.39 is 11.8 Å². The second-order valence-electron chi connectivity index (χ2n) is 5.61. The first-order valence-electron chi connectivity index (χ1n) is 7.66. The van der Waals surface area contributed by atoms with Gasteiger partial charge in [-0.1, -0.05) is 11.6 Å². The van der Waals surface area contributed by atoms with Gasteiger partial charge >= 0.3 is 5.97 Å². The van der Waals surface area contributed by atoms with Crippen LogP contribution in [0.4, 0.5) is 4.39 Å². The van der Waals surface area contributed by atoms with Crippen molar-refractivity contribution in [3.63, 3.8) is 0 Å². The molecule has 0 saturated carbocycles. The second-order valence-corrected chi connectivity index (χ2v) is 6.05. The Hall–Kier alpha value is -1.37. The van der Waals surface area contributed by atoms with Crippen molar-refractivity contribution in [1.29, 1.82) is 0 Å². The SMILES string of the molecule is Cl.O=C(O)CCCCN1CCN(C(=O)c2cc(Cl)ccc2F)CC1. The van der Waals surface area contributed by atoms with Crippen LogP contribution in [-0.2, 0) is 4.79 Å². The number of rotatable bonds is 6. The summed E-state index contributed by atoms with van der Waals surface area (Å²) in [5.41, 5.74) is 0.00686. The molecule has 1 heterocycles. The lowest BCUT2D eigenvalue weighted by molar-refractivity contribution is -0.137. The van der Waals surface area contributed by atoms with Crippen LogP contribution in [0, 0.1) is 5.82 Å². The Balaban J connectivity index is 0.00000288. The molecule has 1 fully saturated rings. The minimum atomic E-state index is -0.774. The minimum Gasteiger partial charge on any atom is -0.481 e. The lowest BCUT2D eigenvalue weighted by Crippen LogP contribution is -2.49. The van der Waals surface area contributed by atoms with Gasteiger partial charge in [0.05, 0.1) is 5.56 Å². The molecule has 0 aromatic heterocycles. The van der Waals surface area contributed by atoms with Gasteiger partial charge in [-0.05, 0) is 37.6 Å². The highest BCUT2D eigenvalue weighted by Crippen LogP contribution is 2.17. The average molecular weight is 379 g/mol. The van der Waals surface area contributed by atoms with Gasteiger partial charge in [0.2, 0.25) is 0 Å². The Labute approximate surface area is 151 Å². The van der Waals surface area contributed by atoms with Crippen molar-refractivity contribution in [1.82, 2.24) is 9.80 Å². The first-order valence-corrected chi connectivity index (χ1v) is 8.03. The van der Waals surface area contributed by atoms with Gasteiger partial charge < -0.3 is 10.0 Å². The van der Waals surface area contributed by atoms with E-state index in [2.05, 4.69) is 4.90 Å². The summed E-state index contributed by atoms with van der Waals surface area (Å²) in [6.07, 6.45) is 1.66. The molecule has 24 heavy (non-hydrogen) atoms. The number of carboxylic acid groups (broad SMARTS) is 1. The summed E-state index contributed by atoms with van der Waals surface area (Å²) in [5, 5.41) is 8.94. The van der Waals surface area contributed by atoms with Gasteiger partial charge in [0.25, 0.3) is 5.91 Å². The Morgan fingerprint density at radius 3 is 2.46 bits per heavy atom. The maximum absolute atomic E-state index is 13.8. The fourth-order valence-electron chi connectivity index (χ4n) is 2.62. The highest BCUT2D eigenvalue weighted by atomic mass is 35.5. The molecule has 0 radical (unpaired) electrons. The quantitative estimate of drug-likeness (QED) is 0.773. The number of aliphatic carboxylic acids is 1. The fraction of sp³-hybridized carbons (Fsp3) is 0.500. The van der Waals surface area contributed by atoms with Crippen LogP contribution >= 0.6 is 24.0 Å². The Bertz CT molecular complexity index is 578. The molecule has 134 valence electrons. The summed E-state index contributed by atoms with van der Waals surface area (Å²) < 4.78 is 13.8. The molecule has 0 aliphatic carbocycles. The molecule has 1 aliphatic rings. The molecule has 1 saturated heterocycles. The first-order chi connectivity index (χ1) is 11.0. The molecule has 1 amide bonds. The normalized spacial score (nSPS) is 15.0. The monoisotopic (exact) mass is 378 g/mol. The summed E-state index contributed by atoms with van der Waals surface area (Å²) in [6.45, 7) is 3.30. The van der Waals surface area contributed by atoms with Crippen molar-refractivity contribution < 1.29 is 19.1 Å². The van der Waals surface area contributed by atoms with Gasteiger partial charge in [0.1, 0.15) is 5.82 Å². The molecular formula is C16H21Cl2FN2O3. The number of hydrogen-bond donors (Lipinski definition) is 1. The van der Waals surface area contributed by atoms with E-state index in [9.17, 15) is 14.0 Å². The molecule has 1 aromatic carbocycles. The topological polar surface area (TPSA) is 60.9 Å². The molecule has 1 aliphatic heterocycles. The molecule has 1 N–H and O–H groups in total. The number of carboxylic acids is 1. The Kier molecular flexibility index (Phi) is 8.45. The average Bonchev–Trinajstić information content (AvgIpc) is 2.53. The van der Waals surface area contributed by atoms with Gasteiger partial charge in [0, 0.05) is 37.6 Å². The minimum absolute atomic E-state index is 0. The maximum atomic E-state index is 13.8. The zero-order chi connectivity index (χ0) is 16.8. The number of nitrogens with zero attached hydrogens (tertiary/aromatic N) is 2. The standard InChI is InChI=1S/C16H20ClFN2O3.ClH/c17-12-4-5-14(18)13(11-12)16(23)20-9-7-19(8-10-20)6-2-1-3-15(21)22;/h4-5,11H,1-3,6-10H2,(H,21,22);1H. The number of hydrogen-bond acceptors (Lipinski definition) is 3. The number of carbonyl (C=O) groups excluding carboxylic acids is 1. The number of halogens is 3. The molecular weight excluding hydrogens is 358 g/mol. The third-order valence-electron chi connectivity index (χ3n) is 3.93. The zero-order valence-corrected chi connectivity index (χ0v) is 14.8. The van der Waals surface area contributed by atoms with E-state index >= 15 is 0 Å². The van der Waals surface area contributed by atoms with E-state index in [-0.39, 0.29) is 30.3 Å². The highest BCUT2D eigenvalue weighted by Gasteiger charge is 2.24. The van der Waals surface area contributed by atoms with Crippen LogP contribution in [0.2, 0.25) is 5.02 Å². The van der Waals surface area contributed by atoms with Crippen molar-refractivity contribution in [3.8, 4) is 0 Å². The lowest BCUT2D eigenvalue weighted by Gasteiger charge is -2.34. The first kappa shape index (κ1) is 20.7. The molecule has 0 spiro atoms. The van der Waals surface area contributed by atoms with E-state index in [1.807, 2.05) is 0 Å². The van der Waals surface area contributed by atoms with Crippen molar-refractivity contribution in [3.05, 3.63) is 34.6 Å². The smallest absolute Gasteiger partial charge is 0.303 e. The molecule has 0 bridgehead atoms. The molecule has 8 heteroatoms. The van der Waals surface area contributed by atoms with Crippen LogP contribution in [0.25, 0.3) is 0 Å². The number of piperazine rings is 1. The van der Waals surface area contributed by atoms with Gasteiger partial charge in [-0.3, -0.25) is 14.5 Å². The number of unbranched alkanes of at least 4 members (excludes halogenated alkanes) is 1.